The number of allylic oxidation sites excluding steroid dienone is 10. The zero-order valence-electron chi connectivity index (χ0n) is 41.0. The predicted octanol–water partition coefficient (Wildman–Crippen LogP) is 11.7. The SMILES string of the molecule is CC/C=C\C/C=C\C/C=C\C/C=C\C/C=C\CCCC(=O)OC(COC(=O)CCCCCCCCCCCCCCCCCCCCCCC)COC1OC(CS(=O)(=O)O)C(O)C(O)C1O. The highest BCUT2D eigenvalue weighted by Crippen LogP contribution is 2.24. The normalized spacial score (nSPS) is 19.9. The minimum atomic E-state index is -4.61. The van der Waals surface area contributed by atoms with Crippen LogP contribution in [0.5, 0.6) is 0 Å². The van der Waals surface area contributed by atoms with E-state index in [0.29, 0.717) is 19.3 Å². The zero-order chi connectivity index (χ0) is 48.4. The van der Waals surface area contributed by atoms with Gasteiger partial charge in [0.2, 0.25) is 0 Å². The lowest BCUT2D eigenvalue weighted by atomic mass is 10.00. The molecule has 1 aliphatic heterocycles. The lowest BCUT2D eigenvalue weighted by Gasteiger charge is -2.40. The minimum absolute atomic E-state index is 0.0854. The Morgan fingerprint density at radius 1 is 0.530 bits per heavy atom. The Hall–Kier alpha value is -2.65. The topological polar surface area (TPSA) is 186 Å². The van der Waals surface area contributed by atoms with Crippen LogP contribution in [0.2, 0.25) is 0 Å². The van der Waals surface area contributed by atoms with Crippen molar-refractivity contribution in [2.24, 2.45) is 0 Å². The third-order valence-electron chi connectivity index (χ3n) is 11.6. The monoisotopic (exact) mass is 953 g/mol. The minimum Gasteiger partial charge on any atom is -0.462 e. The smallest absolute Gasteiger partial charge is 0.306 e. The molecule has 0 aromatic heterocycles. The Kier molecular flexibility index (Phi) is 39.5. The molecule has 6 atom stereocenters. The van der Waals surface area contributed by atoms with Crippen LogP contribution in [0.1, 0.15) is 206 Å². The second-order valence-electron chi connectivity index (χ2n) is 17.8. The van der Waals surface area contributed by atoms with Crippen LogP contribution in [0.3, 0.4) is 0 Å². The fourth-order valence-electron chi connectivity index (χ4n) is 7.65. The quantitative estimate of drug-likeness (QED) is 0.0196. The summed E-state index contributed by atoms with van der Waals surface area (Å²) in [5.41, 5.74) is 0. The number of unbranched alkanes of at least 4 members (excludes halogenated alkanes) is 21. The highest BCUT2D eigenvalue weighted by molar-refractivity contribution is 7.85. The van der Waals surface area contributed by atoms with Crippen LogP contribution in [0, 0.1) is 0 Å². The third-order valence-corrected chi connectivity index (χ3v) is 12.4. The van der Waals surface area contributed by atoms with Gasteiger partial charge in [-0.1, -0.05) is 203 Å². The average Bonchev–Trinajstić information content (AvgIpc) is 3.28. The fourth-order valence-corrected chi connectivity index (χ4v) is 8.35. The molecule has 0 bridgehead atoms. The Balaban J connectivity index is 2.39. The number of hydrogen-bond acceptors (Lipinski definition) is 11. The molecule has 0 saturated carbocycles. The molecule has 382 valence electrons. The molecule has 0 aliphatic carbocycles. The van der Waals surface area contributed by atoms with E-state index in [1.807, 2.05) is 12.2 Å². The van der Waals surface area contributed by atoms with Crippen LogP contribution < -0.4 is 0 Å². The van der Waals surface area contributed by atoms with Crippen molar-refractivity contribution in [2.45, 2.75) is 243 Å². The number of hydrogen-bond donors (Lipinski definition) is 4. The van der Waals surface area contributed by atoms with Gasteiger partial charge in [-0.3, -0.25) is 14.1 Å². The number of aliphatic hydroxyl groups excluding tert-OH is 3. The van der Waals surface area contributed by atoms with Crippen LogP contribution >= 0.6 is 0 Å². The molecule has 6 unspecified atom stereocenters. The number of esters is 2. The van der Waals surface area contributed by atoms with Crippen molar-refractivity contribution in [1.29, 1.82) is 0 Å². The van der Waals surface area contributed by atoms with Gasteiger partial charge in [0.1, 0.15) is 36.8 Å². The molecule has 12 nitrogen and oxygen atoms in total. The summed E-state index contributed by atoms with van der Waals surface area (Å²) in [6.45, 7) is 3.63. The molecule has 1 fully saturated rings. The molecule has 4 N–H and O–H groups in total. The van der Waals surface area contributed by atoms with Crippen molar-refractivity contribution in [2.75, 3.05) is 19.0 Å². The Labute approximate surface area is 400 Å². The molecule has 0 radical (unpaired) electrons. The Bertz CT molecular complexity index is 1440. The lowest BCUT2D eigenvalue weighted by molar-refractivity contribution is -0.297. The summed E-state index contributed by atoms with van der Waals surface area (Å²) in [5.74, 6) is -2.06. The molecule has 1 heterocycles. The van der Waals surface area contributed by atoms with Crippen molar-refractivity contribution in [3.63, 3.8) is 0 Å². The van der Waals surface area contributed by atoms with Crippen LogP contribution in [0.25, 0.3) is 0 Å². The highest BCUT2D eigenvalue weighted by atomic mass is 32.2. The van der Waals surface area contributed by atoms with Crippen molar-refractivity contribution < 1.29 is 56.8 Å². The van der Waals surface area contributed by atoms with Gasteiger partial charge in [-0.25, -0.2) is 0 Å². The van der Waals surface area contributed by atoms with E-state index in [0.717, 1.165) is 51.4 Å². The summed E-state index contributed by atoms with van der Waals surface area (Å²) in [7, 11) is -4.61. The van der Waals surface area contributed by atoms with Crippen LogP contribution in [-0.4, -0.2) is 96.0 Å². The van der Waals surface area contributed by atoms with E-state index in [4.69, 9.17) is 18.9 Å². The maximum atomic E-state index is 12.8. The van der Waals surface area contributed by atoms with E-state index in [9.17, 15) is 37.9 Å². The summed E-state index contributed by atoms with van der Waals surface area (Å²) in [4.78, 5) is 25.5. The van der Waals surface area contributed by atoms with Gasteiger partial charge in [0.05, 0.1) is 6.61 Å². The summed E-state index contributed by atoms with van der Waals surface area (Å²) in [5, 5.41) is 31.0. The maximum absolute atomic E-state index is 12.8. The van der Waals surface area contributed by atoms with Crippen molar-refractivity contribution in [1.82, 2.24) is 0 Å². The number of carbonyl (C=O) groups excluding carboxylic acids is 2. The maximum Gasteiger partial charge on any atom is 0.306 e. The summed E-state index contributed by atoms with van der Waals surface area (Å²) < 4.78 is 54.2. The van der Waals surface area contributed by atoms with Gasteiger partial charge in [0.15, 0.2) is 12.4 Å². The molecule has 13 heteroatoms. The molecule has 0 aromatic rings. The number of carbonyl (C=O) groups is 2. The van der Waals surface area contributed by atoms with Gasteiger partial charge in [0, 0.05) is 12.8 Å². The molecule has 0 aromatic carbocycles. The third kappa shape index (κ3) is 36.4. The molecule has 1 aliphatic rings. The van der Waals surface area contributed by atoms with Gasteiger partial charge < -0.3 is 34.3 Å². The lowest BCUT2D eigenvalue weighted by Crippen LogP contribution is -2.60. The molecule has 1 rings (SSSR count). The largest absolute Gasteiger partial charge is 0.462 e. The number of rotatable bonds is 43. The Morgan fingerprint density at radius 2 is 0.955 bits per heavy atom. The standard InChI is InChI=1S/C53H92O12S/c1-3-5-7-9-11-13-15-17-19-21-22-23-24-26-27-29-31-33-35-37-39-41-48(54)62-43-46(44-63-53-52(58)51(57)50(56)47(65-53)45-66(59,60)61)64-49(55)42-40-38-36-34-32-30-28-25-20-18-16-14-12-10-8-6-4-2/h6,8,12,14,18,20,28,30,34,36,46-47,50-53,56-58H,3-5,7,9-11,13,15-17,19,21-27,29,31-33,35,37-45H2,1-2H3,(H,59,60,61)/b8-6-,14-12-,20-18-,30-28-,36-34-. The van der Waals surface area contributed by atoms with E-state index < -0.39 is 71.2 Å². The van der Waals surface area contributed by atoms with Crippen LogP contribution in [-0.2, 0) is 38.7 Å². The molecule has 66 heavy (non-hydrogen) atoms. The second kappa shape index (κ2) is 42.5. The number of ether oxygens (including phenoxy) is 4. The van der Waals surface area contributed by atoms with Crippen molar-refractivity contribution >= 4 is 22.1 Å². The summed E-state index contributed by atoms with van der Waals surface area (Å²) in [6.07, 6.45) is 44.2. The van der Waals surface area contributed by atoms with E-state index in [1.165, 1.54) is 109 Å². The van der Waals surface area contributed by atoms with Crippen molar-refractivity contribution in [3.05, 3.63) is 60.8 Å². The van der Waals surface area contributed by atoms with E-state index in [2.05, 4.69) is 62.5 Å². The summed E-state index contributed by atoms with van der Waals surface area (Å²) in [6, 6.07) is 0. The van der Waals surface area contributed by atoms with Gasteiger partial charge >= 0.3 is 11.9 Å². The first-order valence-corrected chi connectivity index (χ1v) is 27.5. The van der Waals surface area contributed by atoms with Gasteiger partial charge in [0.25, 0.3) is 10.1 Å². The molecule has 0 spiro atoms. The first-order chi connectivity index (χ1) is 32.0. The van der Waals surface area contributed by atoms with E-state index in [-0.39, 0.29) is 19.4 Å². The second-order valence-corrected chi connectivity index (χ2v) is 19.3. The zero-order valence-corrected chi connectivity index (χ0v) is 41.9. The highest BCUT2D eigenvalue weighted by Gasteiger charge is 2.46. The molecule has 1 saturated heterocycles. The van der Waals surface area contributed by atoms with Gasteiger partial charge in [-0.15, -0.1) is 0 Å². The summed E-state index contributed by atoms with van der Waals surface area (Å²) >= 11 is 0. The first-order valence-electron chi connectivity index (χ1n) is 25.8. The van der Waals surface area contributed by atoms with Crippen LogP contribution in [0.15, 0.2) is 60.8 Å². The number of aliphatic hydroxyl groups is 3. The van der Waals surface area contributed by atoms with E-state index in [1.54, 1.807) is 0 Å². The van der Waals surface area contributed by atoms with Crippen LogP contribution in [0.4, 0.5) is 0 Å². The molecular weight excluding hydrogens is 861 g/mol. The predicted molar refractivity (Wildman–Crippen MR) is 265 cm³/mol. The Morgan fingerprint density at radius 3 is 1.41 bits per heavy atom. The first kappa shape index (κ1) is 61.4. The molecular formula is C53H92O12S. The average molecular weight is 953 g/mol. The fraction of sp³-hybridized carbons (Fsp3) is 0.774. The van der Waals surface area contributed by atoms with Crippen molar-refractivity contribution in [3.8, 4) is 0 Å². The van der Waals surface area contributed by atoms with Gasteiger partial charge in [-0.2, -0.15) is 8.42 Å². The van der Waals surface area contributed by atoms with Gasteiger partial charge in [-0.05, 0) is 51.4 Å². The van der Waals surface area contributed by atoms with E-state index >= 15 is 0 Å². The molecule has 0 amide bonds.